The molecule has 20 heavy (non-hydrogen) atoms. The van der Waals surface area contributed by atoms with E-state index < -0.39 is 5.97 Å². The van der Waals surface area contributed by atoms with Crippen molar-refractivity contribution in [3.05, 3.63) is 0 Å². The lowest BCUT2D eigenvalue weighted by Gasteiger charge is -2.37. The lowest BCUT2D eigenvalue weighted by atomic mass is 9.93. The van der Waals surface area contributed by atoms with E-state index in [1.54, 1.807) is 0 Å². The zero-order valence-electron chi connectivity index (χ0n) is 13.1. The summed E-state index contributed by atoms with van der Waals surface area (Å²) in [4.78, 5) is 25.2. The number of hydrogen-bond acceptors (Lipinski definition) is 3. The Hall–Kier alpha value is -1.10. The van der Waals surface area contributed by atoms with Crippen LogP contribution in [0.15, 0.2) is 0 Å². The van der Waals surface area contributed by atoms with E-state index in [4.69, 9.17) is 5.11 Å². The third kappa shape index (κ3) is 5.12. The Morgan fingerprint density at radius 3 is 2.65 bits per heavy atom. The van der Waals surface area contributed by atoms with Crippen molar-refractivity contribution in [3.63, 3.8) is 0 Å². The maximum absolute atomic E-state index is 12.3. The quantitative estimate of drug-likeness (QED) is 0.781. The predicted octanol–water partition coefficient (Wildman–Crippen LogP) is 1.87. The molecule has 0 aromatic heterocycles. The molecule has 1 heterocycles. The highest BCUT2D eigenvalue weighted by Crippen LogP contribution is 2.21. The smallest absolute Gasteiger partial charge is 0.303 e. The summed E-state index contributed by atoms with van der Waals surface area (Å²) in [5.74, 6) is -0.551. The molecule has 0 bridgehead atoms. The molecule has 116 valence electrons. The van der Waals surface area contributed by atoms with Crippen LogP contribution in [0.25, 0.3) is 0 Å². The van der Waals surface area contributed by atoms with Gasteiger partial charge in [-0.25, -0.2) is 0 Å². The lowest BCUT2D eigenvalue weighted by molar-refractivity contribution is -0.138. The molecule has 5 nitrogen and oxygen atoms in total. The Balaban J connectivity index is 2.55. The number of amides is 1. The van der Waals surface area contributed by atoms with Gasteiger partial charge in [-0.1, -0.05) is 6.92 Å². The second-order valence-corrected chi connectivity index (χ2v) is 6.50. The molecule has 2 atom stereocenters. The zero-order valence-corrected chi connectivity index (χ0v) is 13.1. The van der Waals surface area contributed by atoms with Gasteiger partial charge in [0.05, 0.1) is 6.04 Å². The number of aliphatic carboxylic acids is 1. The number of rotatable bonds is 6. The number of piperidine rings is 1. The Morgan fingerprint density at radius 2 is 2.10 bits per heavy atom. The van der Waals surface area contributed by atoms with Crippen LogP contribution in [0.2, 0.25) is 0 Å². The Morgan fingerprint density at radius 1 is 1.45 bits per heavy atom. The van der Waals surface area contributed by atoms with Crippen LogP contribution in [0.3, 0.4) is 0 Å². The van der Waals surface area contributed by atoms with Crippen molar-refractivity contribution in [1.29, 1.82) is 0 Å². The van der Waals surface area contributed by atoms with Gasteiger partial charge >= 0.3 is 5.97 Å². The molecular formula is C15H28N2O3. The minimum Gasteiger partial charge on any atom is -0.481 e. The first-order valence-electron chi connectivity index (χ1n) is 7.53. The normalized spacial score (nSPS) is 22.3. The number of hydrogen-bond donors (Lipinski definition) is 2. The minimum absolute atomic E-state index is 0.0350. The molecular weight excluding hydrogens is 256 g/mol. The van der Waals surface area contributed by atoms with Gasteiger partial charge in [0, 0.05) is 18.5 Å². The summed E-state index contributed by atoms with van der Waals surface area (Å²) < 4.78 is 0. The maximum Gasteiger partial charge on any atom is 0.303 e. The lowest BCUT2D eigenvalue weighted by Crippen LogP contribution is -2.54. The highest BCUT2D eigenvalue weighted by molar-refractivity contribution is 5.82. The monoisotopic (exact) mass is 284 g/mol. The number of carbonyl (C=O) groups is 2. The number of carbonyl (C=O) groups excluding carboxylic acids is 1. The number of carboxylic acids is 1. The predicted molar refractivity (Wildman–Crippen MR) is 78.5 cm³/mol. The number of likely N-dealkylation sites (tertiary alicyclic amines) is 1. The van der Waals surface area contributed by atoms with Crippen LogP contribution in [-0.2, 0) is 9.59 Å². The molecule has 1 aliphatic heterocycles. The molecule has 1 rings (SSSR count). The van der Waals surface area contributed by atoms with Gasteiger partial charge in [0.2, 0.25) is 5.91 Å². The fourth-order valence-electron chi connectivity index (χ4n) is 2.55. The highest BCUT2D eigenvalue weighted by atomic mass is 16.4. The van der Waals surface area contributed by atoms with Crippen molar-refractivity contribution in [1.82, 2.24) is 10.2 Å². The standard InChI is InChI=1S/C15H28N2O3/c1-5-15(3,4)16-14(20)11(2)17-8-6-7-12(10-17)9-13(18)19/h11-12H,5-10H2,1-4H3,(H,16,20)(H,18,19). The fourth-order valence-corrected chi connectivity index (χ4v) is 2.55. The van der Waals surface area contributed by atoms with Crippen LogP contribution >= 0.6 is 0 Å². The van der Waals surface area contributed by atoms with Crippen molar-refractivity contribution in [2.24, 2.45) is 5.92 Å². The number of nitrogens with zero attached hydrogens (tertiary/aromatic N) is 1. The van der Waals surface area contributed by atoms with Crippen LogP contribution in [-0.4, -0.2) is 46.6 Å². The molecule has 1 amide bonds. The second-order valence-electron chi connectivity index (χ2n) is 6.50. The third-order valence-electron chi connectivity index (χ3n) is 4.29. The van der Waals surface area contributed by atoms with Crippen molar-refractivity contribution in [2.75, 3.05) is 13.1 Å². The summed E-state index contributed by atoms with van der Waals surface area (Å²) in [6, 6.07) is -0.197. The van der Waals surface area contributed by atoms with Crippen molar-refractivity contribution >= 4 is 11.9 Å². The molecule has 0 radical (unpaired) electrons. The molecule has 2 N–H and O–H groups in total. The largest absolute Gasteiger partial charge is 0.481 e. The molecule has 5 heteroatoms. The molecule has 0 saturated carbocycles. The summed E-state index contributed by atoms with van der Waals surface area (Å²) in [6.07, 6.45) is 2.99. The van der Waals surface area contributed by atoms with E-state index in [-0.39, 0.29) is 29.8 Å². The van der Waals surface area contributed by atoms with Gasteiger partial charge in [0.25, 0.3) is 0 Å². The Bertz CT molecular complexity index is 355. The second kappa shape index (κ2) is 7.07. The minimum atomic E-state index is -0.749. The van der Waals surface area contributed by atoms with E-state index in [1.165, 1.54) is 0 Å². The van der Waals surface area contributed by atoms with E-state index in [1.807, 2.05) is 20.8 Å². The summed E-state index contributed by atoms with van der Waals surface area (Å²) in [6.45, 7) is 9.56. The van der Waals surface area contributed by atoms with Crippen molar-refractivity contribution in [3.8, 4) is 0 Å². The van der Waals surface area contributed by atoms with Crippen LogP contribution in [0, 0.1) is 5.92 Å². The van der Waals surface area contributed by atoms with Gasteiger partial charge in [-0.3, -0.25) is 14.5 Å². The number of carboxylic acid groups (broad SMARTS) is 1. The maximum atomic E-state index is 12.3. The molecule has 0 aromatic rings. The summed E-state index contributed by atoms with van der Waals surface area (Å²) in [7, 11) is 0. The van der Waals surface area contributed by atoms with Crippen molar-refractivity contribution < 1.29 is 14.7 Å². The van der Waals surface area contributed by atoms with Gasteiger partial charge in [0.15, 0.2) is 0 Å². The summed E-state index contributed by atoms with van der Waals surface area (Å²) in [5, 5.41) is 11.9. The average molecular weight is 284 g/mol. The first kappa shape index (κ1) is 17.0. The molecule has 0 aromatic carbocycles. The Kier molecular flexibility index (Phi) is 5.99. The van der Waals surface area contributed by atoms with Crippen LogP contribution in [0.4, 0.5) is 0 Å². The molecule has 1 fully saturated rings. The van der Waals surface area contributed by atoms with E-state index in [0.717, 1.165) is 25.8 Å². The van der Waals surface area contributed by atoms with Crippen molar-refractivity contribution in [2.45, 2.75) is 65.0 Å². The average Bonchev–Trinajstić information content (AvgIpc) is 2.37. The first-order valence-corrected chi connectivity index (χ1v) is 7.53. The van der Waals surface area contributed by atoms with Gasteiger partial charge in [-0.2, -0.15) is 0 Å². The van der Waals surface area contributed by atoms with E-state index >= 15 is 0 Å². The Labute approximate surface area is 121 Å². The number of nitrogens with one attached hydrogen (secondary N) is 1. The molecule has 0 aliphatic carbocycles. The third-order valence-corrected chi connectivity index (χ3v) is 4.29. The van der Waals surface area contributed by atoms with Crippen LogP contribution in [0.5, 0.6) is 0 Å². The van der Waals surface area contributed by atoms with Gasteiger partial charge < -0.3 is 10.4 Å². The van der Waals surface area contributed by atoms with E-state index in [0.29, 0.717) is 6.54 Å². The molecule has 1 saturated heterocycles. The summed E-state index contributed by atoms with van der Waals surface area (Å²) >= 11 is 0. The summed E-state index contributed by atoms with van der Waals surface area (Å²) in [5.41, 5.74) is -0.193. The van der Waals surface area contributed by atoms with Crippen LogP contribution < -0.4 is 5.32 Å². The van der Waals surface area contributed by atoms with E-state index in [9.17, 15) is 9.59 Å². The molecule has 1 aliphatic rings. The van der Waals surface area contributed by atoms with Gasteiger partial charge in [-0.15, -0.1) is 0 Å². The molecule has 0 spiro atoms. The molecule has 2 unspecified atom stereocenters. The van der Waals surface area contributed by atoms with E-state index in [2.05, 4.69) is 17.1 Å². The SMILES string of the molecule is CCC(C)(C)NC(=O)C(C)N1CCCC(CC(=O)O)C1. The first-order chi connectivity index (χ1) is 9.25. The van der Waals surface area contributed by atoms with Gasteiger partial charge in [0.1, 0.15) is 0 Å². The zero-order chi connectivity index (χ0) is 15.3. The van der Waals surface area contributed by atoms with Crippen LogP contribution in [0.1, 0.15) is 53.4 Å². The van der Waals surface area contributed by atoms with Gasteiger partial charge in [-0.05, 0) is 52.5 Å². The fraction of sp³-hybridized carbons (Fsp3) is 0.867. The highest BCUT2D eigenvalue weighted by Gasteiger charge is 2.30. The topological polar surface area (TPSA) is 69.6 Å².